The SMILES string of the molecule is COC1CCC2(CC1)CC(O)c1ccccc1O2. The molecule has 1 unspecified atom stereocenters. The molecular weight excluding hydrogens is 228 g/mol. The van der Waals surface area contributed by atoms with Gasteiger partial charge < -0.3 is 14.6 Å². The molecule has 0 bridgehead atoms. The number of aliphatic hydroxyl groups excluding tert-OH is 1. The molecule has 3 rings (SSSR count). The van der Waals surface area contributed by atoms with Crippen molar-refractivity contribution in [1.29, 1.82) is 0 Å². The molecule has 1 aliphatic carbocycles. The summed E-state index contributed by atoms with van der Waals surface area (Å²) in [5.74, 6) is 0.854. The third-order valence-corrected chi connectivity index (χ3v) is 4.35. The monoisotopic (exact) mass is 248 g/mol. The van der Waals surface area contributed by atoms with E-state index in [1.807, 2.05) is 24.3 Å². The van der Waals surface area contributed by atoms with Crippen LogP contribution in [0.5, 0.6) is 5.75 Å². The second-order valence-corrected chi connectivity index (χ2v) is 5.48. The zero-order valence-electron chi connectivity index (χ0n) is 10.8. The van der Waals surface area contributed by atoms with Crippen LogP contribution in [0.15, 0.2) is 24.3 Å². The van der Waals surface area contributed by atoms with Crippen LogP contribution < -0.4 is 4.74 Å². The molecule has 2 aliphatic rings. The van der Waals surface area contributed by atoms with E-state index in [0.29, 0.717) is 12.5 Å². The maximum absolute atomic E-state index is 10.3. The lowest BCUT2D eigenvalue weighted by atomic mass is 9.77. The minimum atomic E-state index is -0.394. The maximum atomic E-state index is 10.3. The fraction of sp³-hybridized carbons (Fsp3) is 0.600. The molecular formula is C15H20O3. The predicted octanol–water partition coefficient (Wildman–Crippen LogP) is 2.83. The van der Waals surface area contributed by atoms with Gasteiger partial charge in [-0.15, -0.1) is 0 Å². The van der Waals surface area contributed by atoms with Crippen molar-refractivity contribution < 1.29 is 14.6 Å². The number of methoxy groups -OCH3 is 1. The first-order chi connectivity index (χ1) is 8.72. The number of benzene rings is 1. The summed E-state index contributed by atoms with van der Waals surface area (Å²) in [6.07, 6.45) is 4.65. The summed E-state index contributed by atoms with van der Waals surface area (Å²) in [7, 11) is 1.77. The highest BCUT2D eigenvalue weighted by Gasteiger charge is 2.43. The molecule has 0 saturated heterocycles. The highest BCUT2D eigenvalue weighted by atomic mass is 16.5. The van der Waals surface area contributed by atoms with Gasteiger partial charge in [0.15, 0.2) is 0 Å². The summed E-state index contributed by atoms with van der Waals surface area (Å²) in [4.78, 5) is 0. The van der Waals surface area contributed by atoms with E-state index in [2.05, 4.69) is 0 Å². The summed E-state index contributed by atoms with van der Waals surface area (Å²) < 4.78 is 11.6. The van der Waals surface area contributed by atoms with Crippen LogP contribution >= 0.6 is 0 Å². The van der Waals surface area contributed by atoms with E-state index in [9.17, 15) is 5.11 Å². The number of hydrogen-bond donors (Lipinski definition) is 1. The number of ether oxygens (including phenoxy) is 2. The molecule has 1 aromatic rings. The Morgan fingerprint density at radius 2 is 2.00 bits per heavy atom. The molecule has 98 valence electrons. The number of para-hydroxylation sites is 1. The summed E-state index contributed by atoms with van der Waals surface area (Å²) in [5, 5.41) is 10.3. The van der Waals surface area contributed by atoms with Crippen LogP contribution in [-0.2, 0) is 4.74 Å². The molecule has 0 amide bonds. The van der Waals surface area contributed by atoms with Crippen molar-refractivity contribution in [3.8, 4) is 5.75 Å². The van der Waals surface area contributed by atoms with Gasteiger partial charge in [-0.25, -0.2) is 0 Å². The van der Waals surface area contributed by atoms with Gasteiger partial charge >= 0.3 is 0 Å². The topological polar surface area (TPSA) is 38.7 Å². The second kappa shape index (κ2) is 4.56. The van der Waals surface area contributed by atoms with Gasteiger partial charge in [0.1, 0.15) is 11.4 Å². The third kappa shape index (κ3) is 2.02. The van der Waals surface area contributed by atoms with Gasteiger partial charge in [0.2, 0.25) is 0 Å². The summed E-state index contributed by atoms with van der Waals surface area (Å²) in [6, 6.07) is 7.83. The molecule has 1 fully saturated rings. The second-order valence-electron chi connectivity index (χ2n) is 5.48. The van der Waals surface area contributed by atoms with Crippen molar-refractivity contribution in [2.75, 3.05) is 7.11 Å². The molecule has 1 aromatic carbocycles. The average molecular weight is 248 g/mol. The van der Waals surface area contributed by atoms with Crippen molar-refractivity contribution in [1.82, 2.24) is 0 Å². The van der Waals surface area contributed by atoms with Gasteiger partial charge in [0, 0.05) is 19.1 Å². The quantitative estimate of drug-likeness (QED) is 0.830. The molecule has 1 aliphatic heterocycles. The number of aliphatic hydroxyl groups is 1. The molecule has 1 spiro atoms. The zero-order valence-corrected chi connectivity index (χ0v) is 10.8. The lowest BCUT2D eigenvalue weighted by Gasteiger charge is -2.44. The summed E-state index contributed by atoms with van der Waals surface area (Å²) in [6.45, 7) is 0. The Balaban J connectivity index is 1.81. The minimum absolute atomic E-state index is 0.178. The van der Waals surface area contributed by atoms with Gasteiger partial charge in [0.05, 0.1) is 12.2 Å². The number of hydrogen-bond acceptors (Lipinski definition) is 3. The highest BCUT2D eigenvalue weighted by molar-refractivity contribution is 5.38. The first kappa shape index (κ1) is 12.0. The Morgan fingerprint density at radius 1 is 1.28 bits per heavy atom. The normalized spacial score (nSPS) is 35.0. The molecule has 1 heterocycles. The van der Waals surface area contributed by atoms with E-state index < -0.39 is 6.10 Å². The molecule has 18 heavy (non-hydrogen) atoms. The van der Waals surface area contributed by atoms with Crippen LogP contribution in [0.25, 0.3) is 0 Å². The van der Waals surface area contributed by atoms with Gasteiger partial charge in [-0.3, -0.25) is 0 Å². The van der Waals surface area contributed by atoms with Gasteiger partial charge in [-0.2, -0.15) is 0 Å². The standard InChI is InChI=1S/C15H20O3/c1-17-11-6-8-15(9-7-11)10-13(16)12-4-2-3-5-14(12)18-15/h2-5,11,13,16H,6-10H2,1H3. The molecule has 1 atom stereocenters. The van der Waals surface area contributed by atoms with E-state index in [-0.39, 0.29) is 5.60 Å². The smallest absolute Gasteiger partial charge is 0.125 e. The Bertz CT molecular complexity index is 422. The summed E-state index contributed by atoms with van der Waals surface area (Å²) >= 11 is 0. The van der Waals surface area contributed by atoms with E-state index in [4.69, 9.17) is 9.47 Å². The van der Waals surface area contributed by atoms with Gasteiger partial charge in [-0.1, -0.05) is 18.2 Å². The Morgan fingerprint density at radius 3 is 2.72 bits per heavy atom. The zero-order chi connectivity index (χ0) is 12.6. The Labute approximate surface area is 108 Å². The van der Waals surface area contributed by atoms with Crippen molar-refractivity contribution in [3.05, 3.63) is 29.8 Å². The molecule has 0 radical (unpaired) electrons. The molecule has 3 heteroatoms. The maximum Gasteiger partial charge on any atom is 0.125 e. The van der Waals surface area contributed by atoms with E-state index >= 15 is 0 Å². The van der Waals surface area contributed by atoms with Crippen molar-refractivity contribution in [2.45, 2.75) is 49.9 Å². The first-order valence-corrected chi connectivity index (χ1v) is 6.71. The fourth-order valence-electron chi connectivity index (χ4n) is 3.25. The molecule has 3 nitrogen and oxygen atoms in total. The van der Waals surface area contributed by atoms with Crippen LogP contribution in [0.1, 0.15) is 43.8 Å². The van der Waals surface area contributed by atoms with E-state index in [1.54, 1.807) is 7.11 Å². The van der Waals surface area contributed by atoms with Crippen molar-refractivity contribution in [3.63, 3.8) is 0 Å². The van der Waals surface area contributed by atoms with Crippen LogP contribution in [0.2, 0.25) is 0 Å². The van der Waals surface area contributed by atoms with Crippen LogP contribution in [0, 0.1) is 0 Å². The predicted molar refractivity (Wildman–Crippen MR) is 68.6 cm³/mol. The number of fused-ring (bicyclic) bond motifs is 1. The van der Waals surface area contributed by atoms with Gasteiger partial charge in [-0.05, 0) is 31.7 Å². The van der Waals surface area contributed by atoms with Crippen LogP contribution in [-0.4, -0.2) is 23.9 Å². The molecule has 0 aromatic heterocycles. The highest BCUT2D eigenvalue weighted by Crippen LogP contribution is 2.46. The van der Waals surface area contributed by atoms with Crippen molar-refractivity contribution in [2.24, 2.45) is 0 Å². The van der Waals surface area contributed by atoms with Crippen LogP contribution in [0.4, 0.5) is 0 Å². The van der Waals surface area contributed by atoms with Crippen LogP contribution in [0.3, 0.4) is 0 Å². The van der Waals surface area contributed by atoms with E-state index in [1.165, 1.54) is 0 Å². The van der Waals surface area contributed by atoms with E-state index in [0.717, 1.165) is 37.0 Å². The Kier molecular flexibility index (Phi) is 3.04. The molecule has 1 saturated carbocycles. The average Bonchev–Trinajstić information content (AvgIpc) is 2.40. The lowest BCUT2D eigenvalue weighted by molar-refractivity contribution is -0.0671. The fourth-order valence-corrected chi connectivity index (χ4v) is 3.25. The lowest BCUT2D eigenvalue weighted by Crippen LogP contribution is -2.45. The Hall–Kier alpha value is -1.06. The first-order valence-electron chi connectivity index (χ1n) is 6.71. The summed E-state index contributed by atoms with van der Waals surface area (Å²) in [5.41, 5.74) is 0.750. The molecule has 1 N–H and O–H groups in total. The third-order valence-electron chi connectivity index (χ3n) is 4.35. The number of rotatable bonds is 1. The largest absolute Gasteiger partial charge is 0.487 e. The van der Waals surface area contributed by atoms with Crippen molar-refractivity contribution >= 4 is 0 Å². The minimum Gasteiger partial charge on any atom is -0.487 e. The van der Waals surface area contributed by atoms with Gasteiger partial charge in [0.25, 0.3) is 0 Å².